The van der Waals surface area contributed by atoms with E-state index in [0.717, 1.165) is 27.8 Å². The second-order valence-electron chi connectivity index (χ2n) is 7.32. The number of hydrogen-bond donors (Lipinski definition) is 0. The quantitative estimate of drug-likeness (QED) is 0.229. The van der Waals surface area contributed by atoms with Gasteiger partial charge in [0, 0.05) is 5.56 Å². The Hall–Kier alpha value is -3.43. The molecule has 162 valence electrons. The van der Waals surface area contributed by atoms with Crippen molar-refractivity contribution in [2.75, 3.05) is 21.3 Å². The molecule has 0 aromatic heterocycles. The zero-order valence-corrected chi connectivity index (χ0v) is 19.1. The fourth-order valence-corrected chi connectivity index (χ4v) is 4.53. The Morgan fingerprint density at radius 1 is 0.594 bits per heavy atom. The van der Waals surface area contributed by atoms with E-state index in [1.54, 1.807) is 21.3 Å². The predicted molar refractivity (Wildman–Crippen MR) is 130 cm³/mol. The standard InChI is InChI=1S/C28H25ClO3/c1-30-24-19-23(25(20-13-7-4-8-14-20)27(32-3)26(24)31-2)28(29,21-15-9-5-10-16-21)22-17-11-6-12-18-22/h4-19H,1-3H3. The summed E-state index contributed by atoms with van der Waals surface area (Å²) >= 11 is 7.67. The number of benzene rings is 4. The average Bonchev–Trinajstić information content (AvgIpc) is 2.88. The van der Waals surface area contributed by atoms with E-state index in [2.05, 4.69) is 0 Å². The Kier molecular flexibility index (Phi) is 6.38. The van der Waals surface area contributed by atoms with Crippen LogP contribution in [-0.4, -0.2) is 21.3 Å². The average molecular weight is 445 g/mol. The van der Waals surface area contributed by atoms with Gasteiger partial charge in [-0.05, 0) is 28.3 Å². The molecule has 3 nitrogen and oxygen atoms in total. The van der Waals surface area contributed by atoms with Crippen molar-refractivity contribution < 1.29 is 14.2 Å². The summed E-state index contributed by atoms with van der Waals surface area (Å²) in [6.45, 7) is 0. The van der Waals surface area contributed by atoms with Crippen molar-refractivity contribution in [3.8, 4) is 28.4 Å². The van der Waals surface area contributed by atoms with E-state index in [4.69, 9.17) is 25.8 Å². The fourth-order valence-electron chi connectivity index (χ4n) is 4.13. The van der Waals surface area contributed by atoms with Gasteiger partial charge in [0.1, 0.15) is 4.87 Å². The van der Waals surface area contributed by atoms with Crippen LogP contribution in [0, 0.1) is 0 Å². The monoisotopic (exact) mass is 444 g/mol. The van der Waals surface area contributed by atoms with E-state index in [-0.39, 0.29) is 0 Å². The highest BCUT2D eigenvalue weighted by Gasteiger charge is 2.39. The summed E-state index contributed by atoms with van der Waals surface area (Å²) in [4.78, 5) is -0.999. The molecule has 0 fully saturated rings. The molecule has 0 aliphatic carbocycles. The number of methoxy groups -OCH3 is 3. The highest BCUT2D eigenvalue weighted by molar-refractivity contribution is 6.28. The highest BCUT2D eigenvalue weighted by atomic mass is 35.5. The van der Waals surface area contributed by atoms with Gasteiger partial charge in [0.25, 0.3) is 0 Å². The van der Waals surface area contributed by atoms with Gasteiger partial charge in [-0.1, -0.05) is 91.0 Å². The van der Waals surface area contributed by atoms with Crippen LogP contribution in [0.25, 0.3) is 11.1 Å². The van der Waals surface area contributed by atoms with Gasteiger partial charge in [-0.3, -0.25) is 0 Å². The fraction of sp³-hybridized carbons (Fsp3) is 0.143. The van der Waals surface area contributed by atoms with Crippen LogP contribution in [0.15, 0.2) is 97.1 Å². The topological polar surface area (TPSA) is 27.7 Å². The van der Waals surface area contributed by atoms with E-state index in [0.29, 0.717) is 17.2 Å². The summed E-state index contributed by atoms with van der Waals surface area (Å²) in [5.41, 5.74) is 4.56. The number of ether oxygens (including phenoxy) is 3. The zero-order valence-electron chi connectivity index (χ0n) is 18.3. The third-order valence-corrected chi connectivity index (χ3v) is 6.25. The van der Waals surface area contributed by atoms with Gasteiger partial charge in [0.2, 0.25) is 5.75 Å². The molecule has 4 aromatic rings. The van der Waals surface area contributed by atoms with E-state index >= 15 is 0 Å². The van der Waals surface area contributed by atoms with Crippen LogP contribution in [0.1, 0.15) is 16.7 Å². The molecule has 0 atom stereocenters. The van der Waals surface area contributed by atoms with Crippen LogP contribution in [0.5, 0.6) is 17.2 Å². The van der Waals surface area contributed by atoms with Crippen molar-refractivity contribution in [2.45, 2.75) is 4.87 Å². The summed E-state index contributed by atoms with van der Waals surface area (Å²) in [5.74, 6) is 1.65. The molecule has 4 heteroatoms. The lowest BCUT2D eigenvalue weighted by Gasteiger charge is -2.33. The van der Waals surface area contributed by atoms with E-state index in [1.165, 1.54) is 0 Å². The lowest BCUT2D eigenvalue weighted by atomic mass is 9.80. The Balaban J connectivity index is 2.17. The van der Waals surface area contributed by atoms with Crippen LogP contribution in [-0.2, 0) is 4.87 Å². The summed E-state index contributed by atoms with van der Waals surface area (Å²) in [5, 5.41) is 0. The summed E-state index contributed by atoms with van der Waals surface area (Å²) in [7, 11) is 4.86. The Labute approximate surface area is 194 Å². The minimum atomic E-state index is -0.999. The molecule has 0 spiro atoms. The van der Waals surface area contributed by atoms with E-state index in [9.17, 15) is 0 Å². The molecular formula is C28H25ClO3. The van der Waals surface area contributed by atoms with Crippen LogP contribution in [0.3, 0.4) is 0 Å². The first kappa shape index (κ1) is 21.8. The molecule has 32 heavy (non-hydrogen) atoms. The molecule has 4 aromatic carbocycles. The second-order valence-corrected chi connectivity index (χ2v) is 7.89. The number of halogens is 1. The molecule has 0 saturated heterocycles. The first-order valence-electron chi connectivity index (χ1n) is 10.3. The van der Waals surface area contributed by atoms with Gasteiger partial charge in [-0.15, -0.1) is 11.6 Å². The van der Waals surface area contributed by atoms with Crippen LogP contribution in [0.2, 0.25) is 0 Å². The van der Waals surface area contributed by atoms with Gasteiger partial charge in [-0.25, -0.2) is 0 Å². The number of hydrogen-bond acceptors (Lipinski definition) is 3. The van der Waals surface area contributed by atoms with Gasteiger partial charge >= 0.3 is 0 Å². The minimum absolute atomic E-state index is 0.526. The van der Waals surface area contributed by atoms with Gasteiger partial charge in [-0.2, -0.15) is 0 Å². The van der Waals surface area contributed by atoms with Crippen LogP contribution >= 0.6 is 11.6 Å². The van der Waals surface area contributed by atoms with Crippen molar-refractivity contribution in [2.24, 2.45) is 0 Å². The van der Waals surface area contributed by atoms with E-state index < -0.39 is 4.87 Å². The molecule has 0 aliphatic rings. The molecule has 0 aliphatic heterocycles. The maximum Gasteiger partial charge on any atom is 0.203 e. The molecule has 0 unspecified atom stereocenters. The van der Waals surface area contributed by atoms with Crippen molar-refractivity contribution in [1.82, 2.24) is 0 Å². The lowest BCUT2D eigenvalue weighted by Crippen LogP contribution is -2.24. The second kappa shape index (κ2) is 9.37. The molecule has 0 saturated carbocycles. The normalized spacial score (nSPS) is 11.1. The smallest absolute Gasteiger partial charge is 0.203 e. The molecule has 4 rings (SSSR count). The first-order valence-corrected chi connectivity index (χ1v) is 10.7. The van der Waals surface area contributed by atoms with E-state index in [1.807, 2.05) is 97.1 Å². The van der Waals surface area contributed by atoms with Crippen molar-refractivity contribution in [3.05, 3.63) is 114 Å². The van der Waals surface area contributed by atoms with Crippen molar-refractivity contribution >= 4 is 11.6 Å². The maximum absolute atomic E-state index is 7.67. The highest BCUT2D eigenvalue weighted by Crippen LogP contribution is 2.54. The molecule has 0 heterocycles. The largest absolute Gasteiger partial charge is 0.493 e. The van der Waals surface area contributed by atoms with Gasteiger partial charge in [0.15, 0.2) is 11.5 Å². The van der Waals surface area contributed by atoms with Crippen LogP contribution < -0.4 is 14.2 Å². The summed E-state index contributed by atoms with van der Waals surface area (Å²) in [6.07, 6.45) is 0. The summed E-state index contributed by atoms with van der Waals surface area (Å²) < 4.78 is 17.3. The summed E-state index contributed by atoms with van der Waals surface area (Å²) in [6, 6.07) is 32.1. The molecular weight excluding hydrogens is 420 g/mol. The molecule has 0 bridgehead atoms. The minimum Gasteiger partial charge on any atom is -0.493 e. The molecule has 0 amide bonds. The Bertz CT molecular complexity index is 1140. The van der Waals surface area contributed by atoms with Crippen molar-refractivity contribution in [1.29, 1.82) is 0 Å². The molecule has 0 radical (unpaired) electrons. The van der Waals surface area contributed by atoms with Crippen molar-refractivity contribution in [3.63, 3.8) is 0 Å². The molecule has 0 N–H and O–H groups in total. The predicted octanol–water partition coefficient (Wildman–Crippen LogP) is 6.91. The third-order valence-electron chi connectivity index (χ3n) is 5.61. The Morgan fingerprint density at radius 3 is 1.50 bits per heavy atom. The third kappa shape index (κ3) is 3.69. The van der Waals surface area contributed by atoms with Gasteiger partial charge < -0.3 is 14.2 Å². The van der Waals surface area contributed by atoms with Gasteiger partial charge in [0.05, 0.1) is 21.3 Å². The lowest BCUT2D eigenvalue weighted by molar-refractivity contribution is 0.324. The Morgan fingerprint density at radius 2 is 1.06 bits per heavy atom. The SMILES string of the molecule is COc1cc(C(Cl)(c2ccccc2)c2ccccc2)c(-c2ccccc2)c(OC)c1OC. The number of rotatable bonds is 7. The first-order chi connectivity index (χ1) is 15.6. The maximum atomic E-state index is 7.67. The number of alkyl halides is 1. The van der Waals surface area contributed by atoms with Crippen LogP contribution in [0.4, 0.5) is 0 Å². The zero-order chi connectivity index (χ0) is 22.6.